The fourth-order valence-corrected chi connectivity index (χ4v) is 2.93. The first-order chi connectivity index (χ1) is 13.2. The van der Waals surface area contributed by atoms with Crippen molar-refractivity contribution in [2.24, 2.45) is 0 Å². The van der Waals surface area contributed by atoms with E-state index in [1.165, 1.54) is 12.3 Å². The molecule has 2 heterocycles. The zero-order valence-corrected chi connectivity index (χ0v) is 15.6. The van der Waals surface area contributed by atoms with Crippen LogP contribution in [-0.4, -0.2) is 35.5 Å². The highest BCUT2D eigenvalue weighted by atomic mass is 32.3. The second-order valence-corrected chi connectivity index (χ2v) is 7.60. The maximum Gasteiger partial charge on any atom is 0.333 e. The van der Waals surface area contributed by atoms with Gasteiger partial charge in [-0.1, -0.05) is 29.8 Å². The van der Waals surface area contributed by atoms with Crippen molar-refractivity contribution in [3.63, 3.8) is 0 Å². The predicted molar refractivity (Wildman–Crippen MR) is 100 cm³/mol. The van der Waals surface area contributed by atoms with Crippen LogP contribution in [-0.2, 0) is 10.2 Å². The highest BCUT2D eigenvalue weighted by molar-refractivity contribution is 7.86. The number of nitrogens with zero attached hydrogens (tertiary/aromatic N) is 3. The lowest BCUT2D eigenvalue weighted by Crippen LogP contribution is -2.12. The van der Waals surface area contributed by atoms with Crippen LogP contribution in [0.4, 0.5) is 18.4 Å². The smallest absolute Gasteiger partial charge is 0.333 e. The summed E-state index contributed by atoms with van der Waals surface area (Å²) in [5.74, 6) is -0.725. The topological polar surface area (TPSA) is 76.9 Å². The number of hydrogen-bond donors (Lipinski definition) is 1. The van der Waals surface area contributed by atoms with Gasteiger partial charge in [0.2, 0.25) is 0 Å². The molecule has 28 heavy (non-hydrogen) atoms. The van der Waals surface area contributed by atoms with Crippen LogP contribution < -0.4 is 5.32 Å². The zero-order chi connectivity index (χ0) is 20.3. The van der Waals surface area contributed by atoms with Crippen molar-refractivity contribution in [1.29, 1.82) is 0 Å². The third kappa shape index (κ3) is 4.89. The molecule has 0 atom stereocenters. The van der Waals surface area contributed by atoms with E-state index in [0.29, 0.717) is 21.6 Å². The van der Waals surface area contributed by atoms with E-state index in [4.69, 9.17) is 0 Å². The number of nitrogens with one attached hydrogen (secondary N) is 1. The Morgan fingerprint density at radius 1 is 1.14 bits per heavy atom. The van der Waals surface area contributed by atoms with E-state index in [0.717, 1.165) is 17.3 Å². The number of aryl methyl sites for hydroxylation is 1. The molecule has 148 valence electrons. The van der Waals surface area contributed by atoms with E-state index in [9.17, 15) is 21.1 Å². The molecule has 0 unspecified atom stereocenters. The van der Waals surface area contributed by atoms with Gasteiger partial charge in [-0.2, -0.15) is 22.3 Å². The number of benzene rings is 1. The van der Waals surface area contributed by atoms with Crippen molar-refractivity contribution in [3.8, 4) is 22.5 Å². The Kier molecular flexibility index (Phi) is 5.68. The highest BCUT2D eigenvalue weighted by Crippen LogP contribution is 2.31. The first kappa shape index (κ1) is 19.9. The van der Waals surface area contributed by atoms with E-state index in [-0.39, 0.29) is 12.2 Å². The summed E-state index contributed by atoms with van der Waals surface area (Å²) in [5, 5.41) is 6.63. The Balaban J connectivity index is 1.99. The minimum absolute atomic E-state index is 0.201. The molecule has 0 saturated heterocycles. The lowest BCUT2D eigenvalue weighted by atomic mass is 10.0. The van der Waals surface area contributed by atoms with Crippen molar-refractivity contribution in [3.05, 3.63) is 54.4 Å². The summed E-state index contributed by atoms with van der Waals surface area (Å²) in [6, 6.07) is 10.7. The first-order valence-electron chi connectivity index (χ1n) is 8.30. The molecule has 3 rings (SSSR count). The molecule has 0 fully saturated rings. The summed E-state index contributed by atoms with van der Waals surface area (Å²) in [6.07, 6.45) is 2.58. The predicted octanol–water partition coefficient (Wildman–Crippen LogP) is 4.03. The monoisotopic (exact) mass is 410 g/mol. The van der Waals surface area contributed by atoms with Gasteiger partial charge in [-0.15, -0.1) is 3.89 Å². The normalized spacial score (nSPS) is 11.8. The average Bonchev–Trinajstić information content (AvgIpc) is 3.12. The molecule has 0 amide bonds. The van der Waals surface area contributed by atoms with Gasteiger partial charge in [-0.3, -0.25) is 4.98 Å². The Morgan fingerprint density at radius 3 is 2.46 bits per heavy atom. The Morgan fingerprint density at radius 2 is 1.86 bits per heavy atom. The van der Waals surface area contributed by atoms with Crippen molar-refractivity contribution in [2.75, 3.05) is 17.6 Å². The second-order valence-electron chi connectivity index (χ2n) is 6.11. The Bertz CT molecular complexity index is 1070. The summed E-state index contributed by atoms with van der Waals surface area (Å²) in [5.41, 5.74) is 3.54. The number of aromatic nitrogens is 3. The molecule has 2 aromatic heterocycles. The number of alkyl halides is 2. The van der Waals surface area contributed by atoms with Crippen LogP contribution in [0.1, 0.15) is 12.1 Å². The van der Waals surface area contributed by atoms with Gasteiger partial charge in [0.1, 0.15) is 0 Å². The fraction of sp³-hybridized carbons (Fsp3) is 0.222. The van der Waals surface area contributed by atoms with Crippen molar-refractivity contribution in [2.45, 2.75) is 13.5 Å². The maximum atomic E-state index is 12.9. The average molecular weight is 410 g/mol. The molecule has 0 bridgehead atoms. The van der Waals surface area contributed by atoms with E-state index in [1.807, 2.05) is 31.2 Å². The van der Waals surface area contributed by atoms with Crippen LogP contribution in [0.25, 0.3) is 22.5 Å². The number of hydrogen-bond acceptors (Lipinski definition) is 5. The minimum Gasteiger partial charge on any atom is -0.382 e. The molecule has 0 spiro atoms. The van der Waals surface area contributed by atoms with Crippen molar-refractivity contribution >= 4 is 15.9 Å². The number of halogens is 3. The van der Waals surface area contributed by atoms with Gasteiger partial charge in [0.15, 0.2) is 0 Å². The lowest BCUT2D eigenvalue weighted by molar-refractivity contribution is 0.0568. The fourth-order valence-electron chi connectivity index (χ4n) is 2.59. The van der Waals surface area contributed by atoms with Crippen LogP contribution in [0.3, 0.4) is 0 Å². The summed E-state index contributed by atoms with van der Waals surface area (Å²) >= 11 is 0. The van der Waals surface area contributed by atoms with E-state index < -0.39 is 22.5 Å². The highest BCUT2D eigenvalue weighted by Gasteiger charge is 2.15. The van der Waals surface area contributed by atoms with E-state index >= 15 is 0 Å². The molecule has 3 aromatic rings. The number of rotatable bonds is 7. The first-order valence-corrected chi connectivity index (χ1v) is 9.85. The lowest BCUT2D eigenvalue weighted by Gasteiger charge is -2.12. The minimum atomic E-state index is -4.64. The zero-order valence-electron chi connectivity index (χ0n) is 14.8. The molecular formula is C18H17F3N4O2S. The molecule has 6 nitrogen and oxygen atoms in total. The third-order valence-electron chi connectivity index (χ3n) is 4.00. The van der Waals surface area contributed by atoms with E-state index in [2.05, 4.69) is 15.4 Å². The van der Waals surface area contributed by atoms with Crippen molar-refractivity contribution in [1.82, 2.24) is 14.8 Å². The Labute approximate surface area is 160 Å². The van der Waals surface area contributed by atoms with Crippen molar-refractivity contribution < 1.29 is 21.1 Å². The molecule has 0 saturated carbocycles. The third-order valence-corrected chi connectivity index (χ3v) is 4.69. The number of anilines is 1. The van der Waals surface area contributed by atoms with Crippen LogP contribution in [0.2, 0.25) is 0 Å². The summed E-state index contributed by atoms with van der Waals surface area (Å²) in [4.78, 5) is 4.33. The maximum absolute atomic E-state index is 12.9. The molecule has 10 heteroatoms. The van der Waals surface area contributed by atoms with Gasteiger partial charge >= 0.3 is 16.8 Å². The van der Waals surface area contributed by atoms with Crippen LogP contribution in [0.15, 0.2) is 48.8 Å². The van der Waals surface area contributed by atoms with Crippen LogP contribution in [0, 0.1) is 6.92 Å². The Hall–Kier alpha value is -2.88. The largest absolute Gasteiger partial charge is 0.382 e. The summed E-state index contributed by atoms with van der Waals surface area (Å²) in [6.45, 7) is -1.04. The second kappa shape index (κ2) is 8.01. The van der Waals surface area contributed by atoms with Gasteiger partial charge in [0, 0.05) is 23.9 Å². The molecule has 1 aromatic carbocycles. The summed E-state index contributed by atoms with van der Waals surface area (Å²) in [7, 11) is -4.64. The van der Waals surface area contributed by atoms with Gasteiger partial charge < -0.3 is 5.32 Å². The van der Waals surface area contributed by atoms with Gasteiger partial charge in [0.05, 0.1) is 29.0 Å². The molecule has 0 aliphatic heterocycles. The SMILES string of the molecule is Cc1ccc(-c2cc(-c3ccn(C(F)F)n3)c(NCCS(=O)(=O)F)cn2)cc1. The molecule has 0 aliphatic carbocycles. The van der Waals surface area contributed by atoms with Gasteiger partial charge in [-0.05, 0) is 19.1 Å². The van der Waals surface area contributed by atoms with E-state index in [1.54, 1.807) is 6.07 Å². The van der Waals surface area contributed by atoms with Gasteiger partial charge in [-0.25, -0.2) is 4.68 Å². The molecule has 0 aliphatic rings. The van der Waals surface area contributed by atoms with Gasteiger partial charge in [0.25, 0.3) is 0 Å². The molecule has 0 radical (unpaired) electrons. The van der Waals surface area contributed by atoms with Crippen LogP contribution in [0.5, 0.6) is 0 Å². The number of pyridine rings is 1. The quantitative estimate of drug-likeness (QED) is 0.595. The molecular weight excluding hydrogens is 393 g/mol. The standard InChI is InChI=1S/C18H17F3N4O2S/c1-12-2-4-13(5-3-12)16-10-14(15-6-8-25(24-15)18(19)20)17(11-23-16)22-7-9-28(21,26)27/h2-6,8,10-11,18,22H,7,9H2,1H3. The summed E-state index contributed by atoms with van der Waals surface area (Å²) < 4.78 is 60.4. The van der Waals surface area contributed by atoms with Crippen LogP contribution >= 0.6 is 0 Å². The molecule has 1 N–H and O–H groups in total.